The van der Waals surface area contributed by atoms with Gasteiger partial charge in [0.05, 0.1) is 17.5 Å². The molecule has 0 saturated carbocycles. The fourth-order valence-corrected chi connectivity index (χ4v) is 2.76. The minimum Gasteiger partial charge on any atom is -0.487 e. The number of carbonyl (C=O) groups is 1. The van der Waals surface area contributed by atoms with Crippen molar-refractivity contribution in [3.05, 3.63) is 71.8 Å². The second-order valence-corrected chi connectivity index (χ2v) is 6.24. The average molecular weight is 393 g/mol. The predicted octanol–water partition coefficient (Wildman–Crippen LogP) is 2.95. The molecular weight excluding hydrogens is 377 g/mol. The van der Waals surface area contributed by atoms with E-state index in [0.29, 0.717) is 34.0 Å². The van der Waals surface area contributed by atoms with Gasteiger partial charge in [-0.2, -0.15) is 10.1 Å². The molecule has 0 aliphatic carbocycles. The zero-order chi connectivity index (χ0) is 20.4. The van der Waals surface area contributed by atoms with Gasteiger partial charge in [-0.15, -0.1) is 0 Å². The molecule has 0 radical (unpaired) electrons. The first-order chi connectivity index (χ1) is 14.0. The van der Waals surface area contributed by atoms with Crippen LogP contribution in [0.4, 0.5) is 4.39 Å². The molecule has 29 heavy (non-hydrogen) atoms. The monoisotopic (exact) mass is 393 g/mol. The molecule has 9 heteroatoms. The third kappa shape index (κ3) is 3.84. The number of halogens is 1. The molecule has 1 amide bonds. The second-order valence-electron chi connectivity index (χ2n) is 6.24. The van der Waals surface area contributed by atoms with E-state index in [1.165, 1.54) is 12.1 Å². The van der Waals surface area contributed by atoms with Gasteiger partial charge in [0.25, 0.3) is 5.89 Å². The molecule has 4 rings (SSSR count). The Hall–Kier alpha value is -4.01. The van der Waals surface area contributed by atoms with E-state index in [-0.39, 0.29) is 18.3 Å². The Kier molecular flexibility index (Phi) is 4.78. The van der Waals surface area contributed by atoms with Crippen LogP contribution in [0.5, 0.6) is 5.75 Å². The lowest BCUT2D eigenvalue weighted by atomic mass is 10.1. The zero-order valence-corrected chi connectivity index (χ0v) is 15.4. The highest BCUT2D eigenvalue weighted by atomic mass is 19.1. The summed E-state index contributed by atoms with van der Waals surface area (Å²) in [5.41, 5.74) is 7.59. The van der Waals surface area contributed by atoms with Crippen LogP contribution in [0.3, 0.4) is 0 Å². The molecule has 2 aromatic heterocycles. The Morgan fingerprint density at radius 2 is 2.03 bits per heavy atom. The summed E-state index contributed by atoms with van der Waals surface area (Å²) < 4.78 is 25.8. The number of ether oxygens (including phenoxy) is 1. The van der Waals surface area contributed by atoms with Crippen molar-refractivity contribution in [2.24, 2.45) is 12.8 Å². The van der Waals surface area contributed by atoms with Crippen LogP contribution in [0.1, 0.15) is 16.1 Å². The number of primary amides is 1. The maximum Gasteiger partial charge on any atom is 0.261 e. The fourth-order valence-electron chi connectivity index (χ4n) is 2.76. The molecule has 2 N–H and O–H groups in total. The molecule has 8 nitrogen and oxygen atoms in total. The highest BCUT2D eigenvalue weighted by Crippen LogP contribution is 2.26. The minimum atomic E-state index is -0.539. The summed E-state index contributed by atoms with van der Waals surface area (Å²) in [6, 6.07) is 12.4. The van der Waals surface area contributed by atoms with Crippen LogP contribution in [-0.4, -0.2) is 25.8 Å². The standard InChI is InChI=1S/C20H16FN5O3/c1-26-17(11-28-15-7-5-14(21)6-8-15)16(10-23-26)20-24-19(25-29-20)13-4-2-3-12(9-13)18(22)27/h2-10H,11H2,1H3,(H2,22,27). The summed E-state index contributed by atoms with van der Waals surface area (Å²) >= 11 is 0. The van der Waals surface area contributed by atoms with Gasteiger partial charge in [-0.25, -0.2) is 4.39 Å². The van der Waals surface area contributed by atoms with Crippen molar-refractivity contribution in [1.29, 1.82) is 0 Å². The number of amides is 1. The first-order valence-electron chi connectivity index (χ1n) is 8.65. The number of aromatic nitrogens is 4. The smallest absolute Gasteiger partial charge is 0.261 e. The third-order valence-electron chi connectivity index (χ3n) is 4.31. The zero-order valence-electron chi connectivity index (χ0n) is 15.4. The van der Waals surface area contributed by atoms with Gasteiger partial charge < -0.3 is 15.0 Å². The van der Waals surface area contributed by atoms with E-state index in [9.17, 15) is 9.18 Å². The average Bonchev–Trinajstić information content (AvgIpc) is 3.34. The van der Waals surface area contributed by atoms with Crippen LogP contribution >= 0.6 is 0 Å². The van der Waals surface area contributed by atoms with Gasteiger partial charge >= 0.3 is 0 Å². The van der Waals surface area contributed by atoms with Gasteiger partial charge in [0.2, 0.25) is 11.7 Å². The van der Waals surface area contributed by atoms with Crippen LogP contribution < -0.4 is 10.5 Å². The molecular formula is C20H16FN5O3. The Balaban J connectivity index is 1.59. The molecule has 0 aliphatic heterocycles. The number of nitrogens with two attached hydrogens (primary N) is 1. The molecule has 2 aromatic carbocycles. The van der Waals surface area contributed by atoms with Crippen molar-refractivity contribution >= 4 is 5.91 Å². The van der Waals surface area contributed by atoms with Gasteiger partial charge in [0.1, 0.15) is 18.2 Å². The normalized spacial score (nSPS) is 10.8. The van der Waals surface area contributed by atoms with Crippen LogP contribution in [0.25, 0.3) is 22.8 Å². The number of carbonyl (C=O) groups excluding carboxylic acids is 1. The maximum absolute atomic E-state index is 13.0. The topological polar surface area (TPSA) is 109 Å². The first kappa shape index (κ1) is 18.4. The van der Waals surface area contributed by atoms with Crippen LogP contribution in [0, 0.1) is 5.82 Å². The molecule has 0 spiro atoms. The molecule has 0 fully saturated rings. The Morgan fingerprint density at radius 1 is 1.24 bits per heavy atom. The van der Waals surface area contributed by atoms with Crippen LogP contribution in [-0.2, 0) is 13.7 Å². The number of nitrogens with zero attached hydrogens (tertiary/aromatic N) is 4. The lowest BCUT2D eigenvalue weighted by Gasteiger charge is -2.07. The molecule has 0 bridgehead atoms. The quantitative estimate of drug-likeness (QED) is 0.539. The summed E-state index contributed by atoms with van der Waals surface area (Å²) in [6.07, 6.45) is 1.60. The van der Waals surface area contributed by atoms with E-state index in [4.69, 9.17) is 15.0 Å². The van der Waals surface area contributed by atoms with Crippen molar-refractivity contribution in [3.8, 4) is 28.6 Å². The summed E-state index contributed by atoms with van der Waals surface area (Å²) in [5, 5.41) is 8.21. The molecule has 0 atom stereocenters. The highest BCUT2D eigenvalue weighted by molar-refractivity contribution is 5.93. The van der Waals surface area contributed by atoms with Crippen molar-refractivity contribution in [1.82, 2.24) is 19.9 Å². The SMILES string of the molecule is Cn1ncc(-c2nc(-c3cccc(C(N)=O)c3)no2)c1COc1ccc(F)cc1. The van der Waals surface area contributed by atoms with Gasteiger partial charge in [-0.3, -0.25) is 9.48 Å². The molecule has 2 heterocycles. The van der Waals surface area contributed by atoms with Gasteiger partial charge in [0, 0.05) is 18.2 Å². The van der Waals surface area contributed by atoms with Gasteiger partial charge in [-0.1, -0.05) is 17.3 Å². The van der Waals surface area contributed by atoms with Crippen molar-refractivity contribution in [2.75, 3.05) is 0 Å². The van der Waals surface area contributed by atoms with Crippen molar-refractivity contribution < 1.29 is 18.4 Å². The summed E-state index contributed by atoms with van der Waals surface area (Å²) in [5.74, 6) is 0.223. The lowest BCUT2D eigenvalue weighted by molar-refractivity contribution is 0.100. The van der Waals surface area contributed by atoms with Crippen molar-refractivity contribution in [3.63, 3.8) is 0 Å². The van der Waals surface area contributed by atoms with Gasteiger partial charge in [0.15, 0.2) is 0 Å². The molecule has 4 aromatic rings. The Labute approximate surface area is 164 Å². The highest BCUT2D eigenvalue weighted by Gasteiger charge is 2.19. The number of rotatable bonds is 6. The number of benzene rings is 2. The fraction of sp³-hybridized carbons (Fsp3) is 0.100. The molecule has 0 unspecified atom stereocenters. The third-order valence-corrected chi connectivity index (χ3v) is 4.31. The summed E-state index contributed by atoms with van der Waals surface area (Å²) in [7, 11) is 1.76. The van der Waals surface area contributed by atoms with E-state index in [2.05, 4.69) is 15.2 Å². The lowest BCUT2D eigenvalue weighted by Crippen LogP contribution is -2.10. The molecule has 0 saturated heterocycles. The predicted molar refractivity (Wildman–Crippen MR) is 101 cm³/mol. The van der Waals surface area contributed by atoms with E-state index in [1.807, 2.05) is 0 Å². The van der Waals surface area contributed by atoms with E-state index < -0.39 is 5.91 Å². The Bertz CT molecular complexity index is 1170. The van der Waals surface area contributed by atoms with Crippen molar-refractivity contribution in [2.45, 2.75) is 6.61 Å². The van der Waals surface area contributed by atoms with Crippen LogP contribution in [0.15, 0.2) is 59.3 Å². The van der Waals surface area contributed by atoms with E-state index in [1.54, 1.807) is 54.3 Å². The Morgan fingerprint density at radius 3 is 2.79 bits per heavy atom. The van der Waals surface area contributed by atoms with E-state index in [0.717, 1.165) is 0 Å². The maximum atomic E-state index is 13.0. The molecule has 146 valence electrons. The minimum absolute atomic E-state index is 0.173. The largest absolute Gasteiger partial charge is 0.487 e. The van der Waals surface area contributed by atoms with E-state index >= 15 is 0 Å². The second kappa shape index (κ2) is 7.55. The van der Waals surface area contributed by atoms with Crippen LogP contribution in [0.2, 0.25) is 0 Å². The molecule has 0 aliphatic rings. The summed E-state index contributed by atoms with van der Waals surface area (Å²) in [4.78, 5) is 15.8. The number of hydrogen-bond acceptors (Lipinski definition) is 6. The summed E-state index contributed by atoms with van der Waals surface area (Å²) in [6.45, 7) is 0.173. The number of hydrogen-bond donors (Lipinski definition) is 1. The van der Waals surface area contributed by atoms with Gasteiger partial charge in [-0.05, 0) is 36.4 Å². The first-order valence-corrected chi connectivity index (χ1v) is 8.65. The number of aryl methyl sites for hydroxylation is 1.